The van der Waals surface area contributed by atoms with Crippen LogP contribution in [0.5, 0.6) is 0 Å². The van der Waals surface area contributed by atoms with E-state index in [1.54, 1.807) is 17.8 Å². The fraction of sp³-hybridized carbons (Fsp3) is 0.440. The lowest BCUT2D eigenvalue weighted by molar-refractivity contribution is -0.136. The summed E-state index contributed by atoms with van der Waals surface area (Å²) in [7, 11) is 2.13. The minimum atomic E-state index is -0.652. The molecule has 2 amide bonds. The van der Waals surface area contributed by atoms with E-state index in [0.717, 1.165) is 37.4 Å². The second-order valence-electron chi connectivity index (χ2n) is 8.47. The van der Waals surface area contributed by atoms with E-state index in [-0.39, 0.29) is 6.04 Å². The molecule has 2 aliphatic heterocycles. The van der Waals surface area contributed by atoms with Crippen LogP contribution in [-0.4, -0.2) is 69.4 Å². The number of hydrogen-bond donors (Lipinski definition) is 2. The number of nitrogens with zero attached hydrogens (tertiary/aromatic N) is 2. The molecule has 2 aromatic rings. The number of nitrogens with one attached hydrogen (secondary N) is 2. The van der Waals surface area contributed by atoms with Gasteiger partial charge in [-0.1, -0.05) is 18.2 Å². The van der Waals surface area contributed by atoms with E-state index in [0.29, 0.717) is 25.4 Å². The van der Waals surface area contributed by atoms with Gasteiger partial charge >= 0.3 is 11.8 Å². The summed E-state index contributed by atoms with van der Waals surface area (Å²) in [6.07, 6.45) is 4.18. The van der Waals surface area contributed by atoms with Gasteiger partial charge in [-0.15, -0.1) is 11.8 Å². The third kappa shape index (κ3) is 5.88. The lowest BCUT2D eigenvalue weighted by Crippen LogP contribution is -2.45. The smallest absolute Gasteiger partial charge is 0.313 e. The zero-order chi connectivity index (χ0) is 23.2. The summed E-state index contributed by atoms with van der Waals surface area (Å²) in [6.45, 7) is 4.38. The lowest BCUT2D eigenvalue weighted by atomic mass is 9.95. The first kappa shape index (κ1) is 23.6. The molecular weight excluding hydrogens is 436 g/mol. The van der Waals surface area contributed by atoms with Gasteiger partial charge in [-0.05, 0) is 54.5 Å². The van der Waals surface area contributed by atoms with Crippen molar-refractivity contribution in [2.75, 3.05) is 62.9 Å². The molecule has 0 spiro atoms. The van der Waals surface area contributed by atoms with Gasteiger partial charge in [0.1, 0.15) is 0 Å². The molecule has 1 atom stereocenters. The van der Waals surface area contributed by atoms with Gasteiger partial charge in [0.2, 0.25) is 0 Å². The topological polar surface area (TPSA) is 73.9 Å². The highest BCUT2D eigenvalue weighted by atomic mass is 32.2. The molecule has 0 unspecified atom stereocenters. The Balaban J connectivity index is 1.45. The molecular formula is C25H32N4O3S. The molecule has 33 heavy (non-hydrogen) atoms. The first-order valence-electron chi connectivity index (χ1n) is 11.4. The molecule has 176 valence electrons. The number of carbonyl (C=O) groups excluding carboxylic acids is 2. The molecule has 0 aromatic heterocycles. The number of ether oxygens (including phenoxy) is 1. The largest absolute Gasteiger partial charge is 0.379 e. The number of carbonyl (C=O) groups is 2. The first-order valence-corrected chi connectivity index (χ1v) is 12.7. The van der Waals surface area contributed by atoms with Gasteiger partial charge < -0.3 is 20.3 Å². The number of morpholine rings is 1. The molecule has 4 rings (SSSR count). The Hall–Kier alpha value is -2.55. The maximum absolute atomic E-state index is 12.6. The minimum Gasteiger partial charge on any atom is -0.379 e. The zero-order valence-corrected chi connectivity index (χ0v) is 20.1. The first-order chi connectivity index (χ1) is 16.0. The average molecular weight is 469 g/mol. The quantitative estimate of drug-likeness (QED) is 0.502. The van der Waals surface area contributed by atoms with Crippen LogP contribution in [0.15, 0.2) is 47.4 Å². The third-order valence-corrected chi connectivity index (χ3v) is 7.04. The number of fused-ring (bicyclic) bond motifs is 1. The zero-order valence-electron chi connectivity index (χ0n) is 19.3. The molecule has 1 saturated heterocycles. The number of anilines is 2. The molecule has 0 radical (unpaired) electrons. The number of amides is 2. The number of rotatable bonds is 6. The predicted molar refractivity (Wildman–Crippen MR) is 133 cm³/mol. The maximum atomic E-state index is 12.6. The van der Waals surface area contributed by atoms with E-state index in [2.05, 4.69) is 45.7 Å². The molecule has 1 fully saturated rings. The van der Waals surface area contributed by atoms with Crippen molar-refractivity contribution in [2.45, 2.75) is 23.8 Å². The molecule has 0 saturated carbocycles. The summed E-state index contributed by atoms with van der Waals surface area (Å²) in [5.41, 5.74) is 4.41. The Bertz CT molecular complexity index is 993. The molecule has 2 heterocycles. The third-order valence-electron chi connectivity index (χ3n) is 6.32. The Kier molecular flexibility index (Phi) is 7.90. The van der Waals surface area contributed by atoms with E-state index in [1.807, 2.05) is 24.5 Å². The van der Waals surface area contributed by atoms with Gasteiger partial charge in [-0.25, -0.2) is 0 Å². The summed E-state index contributed by atoms with van der Waals surface area (Å²) < 4.78 is 5.54. The van der Waals surface area contributed by atoms with Crippen LogP contribution in [-0.2, 0) is 20.7 Å². The highest BCUT2D eigenvalue weighted by Crippen LogP contribution is 2.31. The van der Waals surface area contributed by atoms with Crippen molar-refractivity contribution in [3.63, 3.8) is 0 Å². The summed E-state index contributed by atoms with van der Waals surface area (Å²) in [5, 5.41) is 5.57. The van der Waals surface area contributed by atoms with Crippen LogP contribution in [0.25, 0.3) is 0 Å². The second kappa shape index (κ2) is 11.0. The molecule has 2 N–H and O–H groups in total. The second-order valence-corrected chi connectivity index (χ2v) is 9.35. The highest BCUT2D eigenvalue weighted by Gasteiger charge is 2.26. The van der Waals surface area contributed by atoms with E-state index >= 15 is 0 Å². The Morgan fingerprint density at radius 1 is 1.09 bits per heavy atom. The monoisotopic (exact) mass is 468 g/mol. The van der Waals surface area contributed by atoms with Crippen LogP contribution in [0.4, 0.5) is 11.4 Å². The Morgan fingerprint density at radius 2 is 1.91 bits per heavy atom. The summed E-state index contributed by atoms with van der Waals surface area (Å²) >= 11 is 1.59. The van der Waals surface area contributed by atoms with Crippen molar-refractivity contribution in [2.24, 2.45) is 0 Å². The van der Waals surface area contributed by atoms with E-state index in [1.165, 1.54) is 16.8 Å². The van der Waals surface area contributed by atoms with Crippen molar-refractivity contribution >= 4 is 35.0 Å². The normalized spacial score (nSPS) is 17.2. The molecule has 2 aromatic carbocycles. The number of thioether (sulfide) groups is 1. The number of benzene rings is 2. The summed E-state index contributed by atoms with van der Waals surface area (Å²) in [6, 6.07) is 14.1. The lowest BCUT2D eigenvalue weighted by Gasteiger charge is -2.36. The summed E-state index contributed by atoms with van der Waals surface area (Å²) in [5.74, 6) is -1.28. The fourth-order valence-corrected chi connectivity index (χ4v) is 4.98. The van der Waals surface area contributed by atoms with Crippen LogP contribution >= 0.6 is 11.8 Å². The molecule has 7 nitrogen and oxygen atoms in total. The average Bonchev–Trinajstić information content (AvgIpc) is 2.85. The van der Waals surface area contributed by atoms with Crippen LogP contribution < -0.4 is 15.5 Å². The van der Waals surface area contributed by atoms with Crippen molar-refractivity contribution in [3.8, 4) is 0 Å². The van der Waals surface area contributed by atoms with Crippen LogP contribution in [0.1, 0.15) is 23.6 Å². The van der Waals surface area contributed by atoms with Gasteiger partial charge in [0, 0.05) is 49.5 Å². The van der Waals surface area contributed by atoms with Gasteiger partial charge in [0.05, 0.1) is 19.3 Å². The van der Waals surface area contributed by atoms with Crippen molar-refractivity contribution in [1.29, 1.82) is 0 Å². The van der Waals surface area contributed by atoms with Crippen LogP contribution in [0.3, 0.4) is 0 Å². The number of hydrogen-bond acceptors (Lipinski definition) is 6. The van der Waals surface area contributed by atoms with Gasteiger partial charge in [0.15, 0.2) is 0 Å². The number of aryl methyl sites for hydroxylation is 1. The fourth-order valence-electron chi connectivity index (χ4n) is 4.52. The van der Waals surface area contributed by atoms with E-state index < -0.39 is 11.8 Å². The van der Waals surface area contributed by atoms with Gasteiger partial charge in [-0.2, -0.15) is 0 Å². The molecule has 2 aliphatic rings. The molecule has 8 heteroatoms. The van der Waals surface area contributed by atoms with Crippen LogP contribution in [0, 0.1) is 0 Å². The van der Waals surface area contributed by atoms with Gasteiger partial charge in [-0.3, -0.25) is 14.5 Å². The van der Waals surface area contributed by atoms with Crippen molar-refractivity contribution in [1.82, 2.24) is 10.2 Å². The highest BCUT2D eigenvalue weighted by molar-refractivity contribution is 7.98. The predicted octanol–water partition coefficient (Wildman–Crippen LogP) is 2.92. The SMILES string of the molecule is CSc1cccc(NC(=O)C(=O)NC[C@@H](c2ccc3c(c2)CCCN3C)N2CCOCC2)c1. The van der Waals surface area contributed by atoms with Crippen molar-refractivity contribution < 1.29 is 14.3 Å². The van der Waals surface area contributed by atoms with Gasteiger partial charge in [0.25, 0.3) is 0 Å². The van der Waals surface area contributed by atoms with Crippen molar-refractivity contribution in [3.05, 3.63) is 53.6 Å². The standard InChI is InChI=1S/C25H32N4O3S/c1-28-10-4-5-18-15-19(8-9-22(18)28)23(29-11-13-32-14-12-29)17-26-24(30)25(31)27-20-6-3-7-21(16-20)33-2/h3,6-9,15-16,23H,4-5,10-14,17H2,1-2H3,(H,26,30)(H,27,31)/t23-/m0/s1. The molecule has 0 aliphatic carbocycles. The van der Waals surface area contributed by atoms with E-state index in [4.69, 9.17) is 4.74 Å². The Morgan fingerprint density at radius 3 is 2.70 bits per heavy atom. The Labute approximate surface area is 199 Å². The maximum Gasteiger partial charge on any atom is 0.313 e. The minimum absolute atomic E-state index is 0.0111. The van der Waals surface area contributed by atoms with Crippen LogP contribution in [0.2, 0.25) is 0 Å². The summed E-state index contributed by atoms with van der Waals surface area (Å²) in [4.78, 5) is 30.8. The molecule has 0 bridgehead atoms. The van der Waals surface area contributed by atoms with E-state index in [9.17, 15) is 9.59 Å².